The van der Waals surface area contributed by atoms with E-state index >= 15 is 0 Å². The standard InChI is InChI=1S/C17H16F2IN3O2/c1-3-6-22-16-12(21)8-10(17(24)25-2)15(14(16)19)23-13-5-4-9(20)7-11(13)18/h3-5,7-8,22-23H,1,6,21H2,2H3. The van der Waals surface area contributed by atoms with Crippen molar-refractivity contribution in [3.05, 3.63) is 57.7 Å². The van der Waals surface area contributed by atoms with Crippen LogP contribution in [0.3, 0.4) is 0 Å². The van der Waals surface area contributed by atoms with E-state index in [2.05, 4.69) is 21.9 Å². The zero-order valence-corrected chi connectivity index (χ0v) is 15.5. The number of nitrogen functional groups attached to an aromatic ring is 1. The summed E-state index contributed by atoms with van der Waals surface area (Å²) < 4.78 is 34.4. The zero-order chi connectivity index (χ0) is 18.6. The van der Waals surface area contributed by atoms with Crippen LogP contribution in [0.4, 0.5) is 31.5 Å². The normalized spacial score (nSPS) is 10.2. The van der Waals surface area contributed by atoms with Crippen molar-refractivity contribution in [1.82, 2.24) is 0 Å². The Morgan fingerprint density at radius 3 is 2.68 bits per heavy atom. The lowest BCUT2D eigenvalue weighted by Gasteiger charge is -2.17. The van der Waals surface area contributed by atoms with Crippen LogP contribution in [0, 0.1) is 15.2 Å². The van der Waals surface area contributed by atoms with Crippen molar-refractivity contribution < 1.29 is 18.3 Å². The van der Waals surface area contributed by atoms with Gasteiger partial charge in [0.25, 0.3) is 0 Å². The maximum absolute atomic E-state index is 14.9. The summed E-state index contributed by atoms with van der Waals surface area (Å²) in [5, 5.41) is 5.38. The molecule has 25 heavy (non-hydrogen) atoms. The topological polar surface area (TPSA) is 76.4 Å². The number of hydrogen-bond acceptors (Lipinski definition) is 5. The fraction of sp³-hybridized carbons (Fsp3) is 0.118. The molecule has 0 atom stereocenters. The predicted octanol–water partition coefficient (Wildman–Crippen LogP) is 4.28. The summed E-state index contributed by atoms with van der Waals surface area (Å²) in [6.45, 7) is 3.80. The number of rotatable bonds is 6. The number of carbonyl (C=O) groups excluding carboxylic acids is 1. The Morgan fingerprint density at radius 2 is 2.08 bits per heavy atom. The quantitative estimate of drug-likeness (QED) is 0.260. The number of nitrogens with one attached hydrogen (secondary N) is 2. The van der Waals surface area contributed by atoms with Crippen molar-refractivity contribution in [3.8, 4) is 0 Å². The molecular weight excluding hydrogens is 443 g/mol. The summed E-state index contributed by atoms with van der Waals surface area (Å²) >= 11 is 1.96. The molecule has 0 spiro atoms. The molecule has 2 aromatic rings. The Bertz CT molecular complexity index is 828. The average Bonchev–Trinajstić information content (AvgIpc) is 2.58. The lowest BCUT2D eigenvalue weighted by molar-refractivity contribution is 0.0601. The van der Waals surface area contributed by atoms with Gasteiger partial charge in [-0.25, -0.2) is 13.6 Å². The summed E-state index contributed by atoms with van der Waals surface area (Å²) in [6.07, 6.45) is 1.53. The number of carbonyl (C=O) groups is 1. The number of benzene rings is 2. The predicted molar refractivity (Wildman–Crippen MR) is 103 cm³/mol. The van der Waals surface area contributed by atoms with Crippen molar-refractivity contribution in [1.29, 1.82) is 0 Å². The van der Waals surface area contributed by atoms with Crippen molar-refractivity contribution in [3.63, 3.8) is 0 Å². The first-order valence-electron chi connectivity index (χ1n) is 7.16. The highest BCUT2D eigenvalue weighted by molar-refractivity contribution is 14.1. The Labute approximate surface area is 157 Å². The smallest absolute Gasteiger partial charge is 0.340 e. The molecule has 2 rings (SSSR count). The molecule has 0 fully saturated rings. The van der Waals surface area contributed by atoms with Gasteiger partial charge in [-0.05, 0) is 46.9 Å². The monoisotopic (exact) mass is 459 g/mol. The third-order valence-electron chi connectivity index (χ3n) is 3.32. The Balaban J connectivity index is 2.58. The molecule has 0 aliphatic carbocycles. The first-order chi connectivity index (χ1) is 11.9. The fourth-order valence-electron chi connectivity index (χ4n) is 2.14. The van der Waals surface area contributed by atoms with E-state index in [1.54, 1.807) is 6.07 Å². The number of anilines is 4. The second kappa shape index (κ2) is 8.15. The number of nitrogens with two attached hydrogens (primary N) is 1. The minimum Gasteiger partial charge on any atom is -0.465 e. The van der Waals surface area contributed by atoms with Gasteiger partial charge in [0.2, 0.25) is 0 Å². The molecule has 0 aromatic heterocycles. The van der Waals surface area contributed by atoms with Crippen molar-refractivity contribution in [2.45, 2.75) is 0 Å². The van der Waals surface area contributed by atoms with Crippen molar-refractivity contribution >= 4 is 51.3 Å². The van der Waals surface area contributed by atoms with Crippen LogP contribution in [0.15, 0.2) is 36.9 Å². The Kier molecular flexibility index (Phi) is 6.18. The van der Waals surface area contributed by atoms with Crippen LogP contribution in [-0.2, 0) is 4.74 Å². The molecule has 0 saturated carbocycles. The summed E-state index contributed by atoms with van der Waals surface area (Å²) in [6, 6.07) is 5.65. The minimum atomic E-state index is -0.819. The van der Waals surface area contributed by atoms with Crippen LogP contribution in [0.2, 0.25) is 0 Å². The lowest BCUT2D eigenvalue weighted by Crippen LogP contribution is -2.13. The van der Waals surface area contributed by atoms with E-state index < -0.39 is 17.6 Å². The summed E-state index contributed by atoms with van der Waals surface area (Å²) in [5.41, 5.74) is 5.48. The number of hydrogen-bond donors (Lipinski definition) is 3. The molecule has 4 N–H and O–H groups in total. The Morgan fingerprint density at radius 1 is 1.36 bits per heavy atom. The first kappa shape index (κ1) is 19.0. The molecule has 5 nitrogen and oxygen atoms in total. The van der Waals surface area contributed by atoms with Crippen LogP contribution in [0.1, 0.15) is 10.4 Å². The molecule has 8 heteroatoms. The van der Waals surface area contributed by atoms with Gasteiger partial charge < -0.3 is 21.1 Å². The lowest BCUT2D eigenvalue weighted by atomic mass is 10.1. The SMILES string of the molecule is C=CCNc1c(N)cc(C(=O)OC)c(Nc2ccc(I)cc2F)c1F. The van der Waals surface area contributed by atoms with E-state index in [0.717, 1.165) is 7.11 Å². The highest BCUT2D eigenvalue weighted by Gasteiger charge is 2.22. The van der Waals surface area contributed by atoms with Gasteiger partial charge in [-0.15, -0.1) is 6.58 Å². The van der Waals surface area contributed by atoms with Gasteiger partial charge in [-0.2, -0.15) is 0 Å². The van der Waals surface area contributed by atoms with Crippen LogP contribution in [-0.4, -0.2) is 19.6 Å². The van der Waals surface area contributed by atoms with E-state index in [1.807, 2.05) is 22.6 Å². The molecule has 0 aliphatic rings. The molecular formula is C17H16F2IN3O2. The second-order valence-electron chi connectivity index (χ2n) is 4.99. The van der Waals surface area contributed by atoms with Crippen molar-refractivity contribution in [2.75, 3.05) is 30.0 Å². The molecule has 132 valence electrons. The van der Waals surface area contributed by atoms with Crippen LogP contribution >= 0.6 is 22.6 Å². The summed E-state index contributed by atoms with van der Waals surface area (Å²) in [4.78, 5) is 12.0. The van der Waals surface area contributed by atoms with E-state index in [9.17, 15) is 13.6 Å². The fourth-order valence-corrected chi connectivity index (χ4v) is 2.60. The molecule has 0 heterocycles. The minimum absolute atomic E-state index is 0.0130. The van der Waals surface area contributed by atoms with Gasteiger partial charge in [0, 0.05) is 10.1 Å². The van der Waals surface area contributed by atoms with Gasteiger partial charge in [-0.3, -0.25) is 0 Å². The average molecular weight is 459 g/mol. The molecule has 0 radical (unpaired) electrons. The Hall–Kier alpha value is -2.36. The van der Waals surface area contributed by atoms with Gasteiger partial charge in [-0.1, -0.05) is 6.08 Å². The summed E-state index contributed by atoms with van der Waals surface area (Å²) in [5.74, 6) is -2.20. The van der Waals surface area contributed by atoms with Gasteiger partial charge in [0.1, 0.15) is 5.82 Å². The number of halogens is 3. The molecule has 0 aliphatic heterocycles. The highest BCUT2D eigenvalue weighted by atomic mass is 127. The van der Waals surface area contributed by atoms with Gasteiger partial charge >= 0.3 is 5.97 Å². The molecule has 0 saturated heterocycles. The number of methoxy groups -OCH3 is 1. The van der Waals surface area contributed by atoms with E-state index in [4.69, 9.17) is 5.73 Å². The second-order valence-corrected chi connectivity index (χ2v) is 6.23. The molecule has 0 amide bonds. The van der Waals surface area contributed by atoms with E-state index in [0.29, 0.717) is 3.57 Å². The molecule has 0 bridgehead atoms. The first-order valence-corrected chi connectivity index (χ1v) is 8.24. The van der Waals surface area contributed by atoms with Crippen molar-refractivity contribution in [2.24, 2.45) is 0 Å². The summed E-state index contributed by atoms with van der Waals surface area (Å²) in [7, 11) is 1.16. The largest absolute Gasteiger partial charge is 0.465 e. The number of ether oxygens (including phenoxy) is 1. The highest BCUT2D eigenvalue weighted by Crippen LogP contribution is 2.35. The maximum Gasteiger partial charge on any atom is 0.340 e. The van der Waals surface area contributed by atoms with Gasteiger partial charge in [0.15, 0.2) is 5.82 Å². The van der Waals surface area contributed by atoms with Crippen LogP contribution in [0.5, 0.6) is 0 Å². The molecule has 2 aromatic carbocycles. The van der Waals surface area contributed by atoms with E-state index in [1.165, 1.54) is 24.3 Å². The van der Waals surface area contributed by atoms with Crippen LogP contribution < -0.4 is 16.4 Å². The van der Waals surface area contributed by atoms with Gasteiger partial charge in [0.05, 0.1) is 35.4 Å². The van der Waals surface area contributed by atoms with Crippen LogP contribution in [0.25, 0.3) is 0 Å². The third-order valence-corrected chi connectivity index (χ3v) is 3.99. The van der Waals surface area contributed by atoms with E-state index in [-0.39, 0.29) is 34.9 Å². The molecule has 0 unspecified atom stereocenters. The maximum atomic E-state index is 14.9. The number of esters is 1. The third kappa shape index (κ3) is 4.19. The zero-order valence-electron chi connectivity index (χ0n) is 13.3.